The molecule has 2 atom stereocenters. The zero-order chi connectivity index (χ0) is 22.1. The predicted octanol–water partition coefficient (Wildman–Crippen LogP) is 4.40. The van der Waals surface area contributed by atoms with Crippen molar-refractivity contribution in [2.24, 2.45) is 0 Å². The van der Waals surface area contributed by atoms with E-state index in [1.807, 2.05) is 83.1 Å². The largest absolute Gasteiger partial charge is 0.483 e. The van der Waals surface area contributed by atoms with E-state index in [9.17, 15) is 9.59 Å². The minimum atomic E-state index is -0.547. The molecule has 2 aromatic carbocycles. The van der Waals surface area contributed by atoms with Gasteiger partial charge in [-0.25, -0.2) is 0 Å². The van der Waals surface area contributed by atoms with Crippen molar-refractivity contribution in [3.05, 3.63) is 65.2 Å². The molecule has 2 aromatic rings. The van der Waals surface area contributed by atoms with Crippen molar-refractivity contribution in [2.45, 2.75) is 66.1 Å². The van der Waals surface area contributed by atoms with Crippen molar-refractivity contribution in [3.8, 4) is 5.75 Å². The van der Waals surface area contributed by atoms with Crippen molar-refractivity contribution >= 4 is 11.8 Å². The number of benzene rings is 2. The summed E-state index contributed by atoms with van der Waals surface area (Å²) >= 11 is 0. The van der Waals surface area contributed by atoms with Gasteiger partial charge >= 0.3 is 0 Å². The van der Waals surface area contributed by atoms with Gasteiger partial charge in [0.2, 0.25) is 5.91 Å². The van der Waals surface area contributed by atoms with Crippen molar-refractivity contribution < 1.29 is 14.3 Å². The maximum atomic E-state index is 13.2. The average Bonchev–Trinajstić information content (AvgIpc) is 2.75. The number of aryl methyl sites for hydroxylation is 1. The number of carbonyl (C=O) groups is 2. The summed E-state index contributed by atoms with van der Waals surface area (Å²) < 4.78 is 5.85. The van der Waals surface area contributed by atoms with E-state index in [4.69, 9.17) is 4.74 Å². The molecule has 5 nitrogen and oxygen atoms in total. The van der Waals surface area contributed by atoms with E-state index in [0.717, 1.165) is 23.1 Å². The van der Waals surface area contributed by atoms with E-state index in [1.165, 1.54) is 0 Å². The summed E-state index contributed by atoms with van der Waals surface area (Å²) in [7, 11) is 0. The summed E-state index contributed by atoms with van der Waals surface area (Å²) in [6.45, 7) is 10.2. The Morgan fingerprint density at radius 3 is 2.33 bits per heavy atom. The second-order valence-corrected chi connectivity index (χ2v) is 7.74. The zero-order valence-electron chi connectivity index (χ0n) is 18.8. The number of amides is 2. The summed E-state index contributed by atoms with van der Waals surface area (Å²) in [4.78, 5) is 27.7. The van der Waals surface area contributed by atoms with Crippen molar-refractivity contribution in [3.63, 3.8) is 0 Å². The van der Waals surface area contributed by atoms with E-state index < -0.39 is 6.04 Å². The molecule has 0 saturated heterocycles. The Morgan fingerprint density at radius 2 is 1.70 bits per heavy atom. The highest BCUT2D eigenvalue weighted by molar-refractivity contribution is 5.88. The van der Waals surface area contributed by atoms with Gasteiger partial charge in [-0.1, -0.05) is 56.3 Å². The summed E-state index contributed by atoms with van der Waals surface area (Å²) in [5.74, 6) is 0.369. The first-order chi connectivity index (χ1) is 14.4. The zero-order valence-corrected chi connectivity index (χ0v) is 18.8. The van der Waals surface area contributed by atoms with Gasteiger partial charge in [-0.05, 0) is 56.4 Å². The molecule has 1 N–H and O–H groups in total. The standard InChI is InChI=1S/C25H34N2O3/c1-6-19(4)26-25(29)22(7-2)27(16-21-13-9-8-10-14-21)24(28)17-30-23-15-11-12-18(3)20(23)5/h8-15,19,22H,6-7,16-17H2,1-5H3,(H,26,29)/t19-,22-/m1/s1. The smallest absolute Gasteiger partial charge is 0.261 e. The summed E-state index contributed by atoms with van der Waals surface area (Å²) in [5.41, 5.74) is 3.11. The third-order valence-electron chi connectivity index (χ3n) is 5.49. The van der Waals surface area contributed by atoms with Gasteiger partial charge in [-0.2, -0.15) is 0 Å². The summed E-state index contributed by atoms with van der Waals surface area (Å²) in [6, 6.07) is 15.0. The lowest BCUT2D eigenvalue weighted by Crippen LogP contribution is -2.51. The number of carbonyl (C=O) groups excluding carboxylic acids is 2. The molecule has 0 saturated carbocycles. The molecule has 2 amide bonds. The Kier molecular flexibility index (Phi) is 8.90. The van der Waals surface area contributed by atoms with Crippen molar-refractivity contribution in [1.82, 2.24) is 10.2 Å². The highest BCUT2D eigenvalue weighted by atomic mass is 16.5. The van der Waals surface area contributed by atoms with Crippen LogP contribution < -0.4 is 10.1 Å². The van der Waals surface area contributed by atoms with Gasteiger partial charge in [0.25, 0.3) is 5.91 Å². The third kappa shape index (κ3) is 6.34. The van der Waals surface area contributed by atoms with Crippen molar-refractivity contribution in [1.29, 1.82) is 0 Å². The minimum Gasteiger partial charge on any atom is -0.483 e. The quantitative estimate of drug-likeness (QED) is 0.631. The van der Waals surface area contributed by atoms with Crippen LogP contribution >= 0.6 is 0 Å². The number of hydrogen-bond acceptors (Lipinski definition) is 3. The molecule has 0 radical (unpaired) electrons. The van der Waals surface area contributed by atoms with E-state index in [2.05, 4.69) is 5.32 Å². The van der Waals surface area contributed by atoms with Crippen LogP contribution in [0.15, 0.2) is 48.5 Å². The highest BCUT2D eigenvalue weighted by Gasteiger charge is 2.29. The topological polar surface area (TPSA) is 58.6 Å². The molecule has 0 bridgehead atoms. The van der Waals surface area contributed by atoms with Gasteiger partial charge < -0.3 is 15.0 Å². The van der Waals surface area contributed by atoms with Gasteiger partial charge in [-0.3, -0.25) is 9.59 Å². The fourth-order valence-electron chi connectivity index (χ4n) is 3.24. The second-order valence-electron chi connectivity index (χ2n) is 7.74. The van der Waals surface area contributed by atoms with E-state index in [-0.39, 0.29) is 24.5 Å². The molecule has 30 heavy (non-hydrogen) atoms. The van der Waals surface area contributed by atoms with Gasteiger partial charge in [-0.15, -0.1) is 0 Å². The van der Waals surface area contributed by atoms with Crippen LogP contribution in [0.25, 0.3) is 0 Å². The molecule has 0 heterocycles. The van der Waals surface area contributed by atoms with Crippen LogP contribution in [-0.4, -0.2) is 35.4 Å². The first kappa shape index (κ1) is 23.5. The minimum absolute atomic E-state index is 0.0615. The molecule has 162 valence electrons. The lowest BCUT2D eigenvalue weighted by molar-refractivity contribution is -0.143. The molecule has 0 fully saturated rings. The molecule has 0 aliphatic rings. The normalized spacial score (nSPS) is 12.7. The molecular formula is C25H34N2O3. The van der Waals surface area contributed by atoms with Crippen LogP contribution in [0.3, 0.4) is 0 Å². The van der Waals surface area contributed by atoms with Crippen molar-refractivity contribution in [2.75, 3.05) is 6.61 Å². The monoisotopic (exact) mass is 410 g/mol. The van der Waals surface area contributed by atoms with Gasteiger partial charge in [0.15, 0.2) is 6.61 Å². The van der Waals surface area contributed by atoms with Gasteiger partial charge in [0, 0.05) is 12.6 Å². The third-order valence-corrected chi connectivity index (χ3v) is 5.49. The summed E-state index contributed by atoms with van der Waals surface area (Å²) in [6.07, 6.45) is 1.37. The van der Waals surface area contributed by atoms with Crippen LogP contribution in [0.1, 0.15) is 50.3 Å². The Morgan fingerprint density at radius 1 is 1.00 bits per heavy atom. The van der Waals surface area contributed by atoms with Crippen LogP contribution in [0.5, 0.6) is 5.75 Å². The Hall–Kier alpha value is -2.82. The number of ether oxygens (including phenoxy) is 1. The first-order valence-corrected chi connectivity index (χ1v) is 10.7. The average molecular weight is 411 g/mol. The Bertz CT molecular complexity index is 836. The van der Waals surface area contributed by atoms with Gasteiger partial charge in [0.05, 0.1) is 0 Å². The van der Waals surface area contributed by atoms with Crippen LogP contribution in [0.2, 0.25) is 0 Å². The van der Waals surface area contributed by atoms with Crippen LogP contribution in [-0.2, 0) is 16.1 Å². The second kappa shape index (κ2) is 11.4. The molecule has 5 heteroatoms. The summed E-state index contributed by atoms with van der Waals surface area (Å²) in [5, 5.41) is 3.02. The lowest BCUT2D eigenvalue weighted by Gasteiger charge is -2.31. The molecule has 0 aromatic heterocycles. The number of hydrogen-bond donors (Lipinski definition) is 1. The molecule has 2 rings (SSSR count). The van der Waals surface area contributed by atoms with E-state index in [1.54, 1.807) is 4.90 Å². The Balaban J connectivity index is 2.21. The highest BCUT2D eigenvalue weighted by Crippen LogP contribution is 2.21. The van der Waals surface area contributed by atoms with E-state index >= 15 is 0 Å². The van der Waals surface area contributed by atoms with E-state index in [0.29, 0.717) is 18.7 Å². The SMILES string of the molecule is CC[C@@H](C)NC(=O)[C@@H](CC)N(Cc1ccccc1)C(=O)COc1cccc(C)c1C. The van der Waals surface area contributed by atoms with Crippen LogP contribution in [0, 0.1) is 13.8 Å². The molecule has 0 spiro atoms. The maximum absolute atomic E-state index is 13.2. The first-order valence-electron chi connectivity index (χ1n) is 10.7. The molecular weight excluding hydrogens is 376 g/mol. The van der Waals surface area contributed by atoms with Gasteiger partial charge in [0.1, 0.15) is 11.8 Å². The molecule has 0 unspecified atom stereocenters. The molecule has 0 aliphatic heterocycles. The molecule has 0 aliphatic carbocycles. The number of nitrogens with one attached hydrogen (secondary N) is 1. The fourth-order valence-corrected chi connectivity index (χ4v) is 3.24. The Labute approximate surface area is 180 Å². The number of rotatable bonds is 10. The lowest BCUT2D eigenvalue weighted by atomic mass is 10.1. The fraction of sp³-hybridized carbons (Fsp3) is 0.440. The maximum Gasteiger partial charge on any atom is 0.261 e. The number of nitrogens with zero attached hydrogens (tertiary/aromatic N) is 1. The van der Waals surface area contributed by atoms with Crippen LogP contribution in [0.4, 0.5) is 0 Å². The predicted molar refractivity (Wildman–Crippen MR) is 120 cm³/mol.